The predicted octanol–water partition coefficient (Wildman–Crippen LogP) is 2.65. The lowest BCUT2D eigenvalue weighted by Gasteiger charge is -2.03. The minimum atomic E-state index is -0.363. The molecule has 0 unspecified atom stereocenters. The average molecular weight is 292 g/mol. The number of carbonyl (C=O) groups is 1. The maximum Gasteiger partial charge on any atom is 0.332 e. The molecule has 0 amide bonds. The van der Waals surface area contributed by atoms with Crippen LogP contribution in [-0.2, 0) is 21.0 Å². The van der Waals surface area contributed by atoms with Crippen LogP contribution in [-0.4, -0.2) is 29.0 Å². The number of hydrogen-bond acceptors (Lipinski definition) is 5. The van der Waals surface area contributed by atoms with Gasteiger partial charge in [-0.15, -0.1) is 11.3 Å². The maximum atomic E-state index is 11.1. The van der Waals surface area contributed by atoms with Gasteiger partial charge >= 0.3 is 5.97 Å². The van der Waals surface area contributed by atoms with E-state index in [0.717, 1.165) is 5.69 Å². The molecule has 20 heavy (non-hydrogen) atoms. The van der Waals surface area contributed by atoms with Gasteiger partial charge in [-0.1, -0.05) is 6.07 Å². The summed E-state index contributed by atoms with van der Waals surface area (Å²) in [6.45, 7) is 2.29. The second-order valence-corrected chi connectivity index (χ2v) is 4.89. The molecule has 0 aliphatic heterocycles. The molecular weight excluding hydrogens is 276 g/mol. The van der Waals surface area contributed by atoms with E-state index in [1.807, 2.05) is 35.7 Å². The lowest BCUT2D eigenvalue weighted by Crippen LogP contribution is -2.14. The predicted molar refractivity (Wildman–Crippen MR) is 78.1 cm³/mol. The van der Waals surface area contributed by atoms with E-state index in [1.54, 1.807) is 29.1 Å². The number of thiophene rings is 1. The van der Waals surface area contributed by atoms with Crippen LogP contribution >= 0.6 is 11.3 Å². The molecule has 0 radical (unpaired) electrons. The zero-order valence-electron chi connectivity index (χ0n) is 11.2. The molecule has 106 valence electrons. The van der Waals surface area contributed by atoms with E-state index >= 15 is 0 Å². The van der Waals surface area contributed by atoms with E-state index in [9.17, 15) is 4.79 Å². The van der Waals surface area contributed by atoms with Crippen molar-refractivity contribution in [3.05, 3.63) is 40.3 Å². The molecule has 0 saturated heterocycles. The third-order valence-electron chi connectivity index (χ3n) is 2.37. The topological polar surface area (TPSA) is 53.4 Å². The van der Waals surface area contributed by atoms with Gasteiger partial charge < -0.3 is 9.47 Å². The highest BCUT2D eigenvalue weighted by Crippen LogP contribution is 2.12. The van der Waals surface area contributed by atoms with Gasteiger partial charge in [-0.05, 0) is 36.6 Å². The van der Waals surface area contributed by atoms with E-state index in [0.29, 0.717) is 6.61 Å². The summed E-state index contributed by atoms with van der Waals surface area (Å²) in [5.41, 5.74) is 0.845. The van der Waals surface area contributed by atoms with Crippen molar-refractivity contribution in [1.29, 1.82) is 0 Å². The second kappa shape index (κ2) is 7.62. The number of carbonyl (C=O) groups excluding carboxylic acids is 1. The second-order valence-electron chi connectivity index (χ2n) is 3.91. The first kappa shape index (κ1) is 14.5. The Bertz CT molecular complexity index is 561. The molecule has 0 saturated carbocycles. The number of nitrogens with zero attached hydrogens (tertiary/aromatic N) is 2. The Morgan fingerprint density at radius 3 is 3.10 bits per heavy atom. The quantitative estimate of drug-likeness (QED) is 0.736. The summed E-state index contributed by atoms with van der Waals surface area (Å²) >= 11 is 1.67. The van der Waals surface area contributed by atoms with Gasteiger partial charge in [0.1, 0.15) is 13.3 Å². The van der Waals surface area contributed by atoms with E-state index in [1.165, 1.54) is 4.88 Å². The molecular formula is C14H16N2O3S. The fraction of sp³-hybridized carbons (Fsp3) is 0.286. The molecule has 0 fully saturated rings. The number of hydrogen-bond donors (Lipinski definition) is 0. The SMILES string of the molecule is CCOC(=O)COCn1ccc(/C=C/c2cccs2)n1. The first-order valence-electron chi connectivity index (χ1n) is 6.26. The van der Waals surface area contributed by atoms with Crippen LogP contribution in [0.25, 0.3) is 12.2 Å². The molecule has 2 rings (SSSR count). The van der Waals surface area contributed by atoms with E-state index in [4.69, 9.17) is 9.47 Å². The van der Waals surface area contributed by atoms with Crippen LogP contribution in [0.4, 0.5) is 0 Å². The Morgan fingerprint density at radius 2 is 2.35 bits per heavy atom. The average Bonchev–Trinajstić information content (AvgIpc) is 3.08. The van der Waals surface area contributed by atoms with Crippen molar-refractivity contribution in [2.75, 3.05) is 13.2 Å². The zero-order chi connectivity index (χ0) is 14.2. The van der Waals surface area contributed by atoms with Crippen LogP contribution in [0.5, 0.6) is 0 Å². The summed E-state index contributed by atoms with van der Waals surface area (Å²) in [5.74, 6) is -0.363. The van der Waals surface area contributed by atoms with Crippen LogP contribution in [0, 0.1) is 0 Å². The Kier molecular flexibility index (Phi) is 5.52. The summed E-state index contributed by atoms with van der Waals surface area (Å²) in [6.07, 6.45) is 5.75. The molecule has 0 spiro atoms. The molecule has 6 heteroatoms. The standard InChI is InChI=1S/C14H16N2O3S/c1-2-19-14(17)10-18-11-16-8-7-12(15-16)5-6-13-4-3-9-20-13/h3-9H,2,10-11H2,1H3/b6-5+. The summed E-state index contributed by atoms with van der Waals surface area (Å²) in [5, 5.41) is 6.34. The number of ether oxygens (including phenoxy) is 2. The van der Waals surface area contributed by atoms with Crippen molar-refractivity contribution < 1.29 is 14.3 Å². The van der Waals surface area contributed by atoms with Crippen molar-refractivity contribution in [2.24, 2.45) is 0 Å². The van der Waals surface area contributed by atoms with Crippen LogP contribution in [0.1, 0.15) is 17.5 Å². The fourth-order valence-corrected chi connectivity index (χ4v) is 2.13. The van der Waals surface area contributed by atoms with Gasteiger partial charge in [0.15, 0.2) is 0 Å². The van der Waals surface area contributed by atoms with Crippen molar-refractivity contribution >= 4 is 29.5 Å². The van der Waals surface area contributed by atoms with Gasteiger partial charge in [-0.3, -0.25) is 0 Å². The van der Waals surface area contributed by atoms with Gasteiger partial charge in [-0.25, -0.2) is 9.48 Å². The molecule has 0 bridgehead atoms. The summed E-state index contributed by atoms with van der Waals surface area (Å²) in [4.78, 5) is 12.3. The highest BCUT2D eigenvalue weighted by molar-refractivity contribution is 7.10. The van der Waals surface area contributed by atoms with Crippen molar-refractivity contribution in [1.82, 2.24) is 9.78 Å². The Morgan fingerprint density at radius 1 is 1.45 bits per heavy atom. The van der Waals surface area contributed by atoms with Crippen molar-refractivity contribution in [2.45, 2.75) is 13.7 Å². The largest absolute Gasteiger partial charge is 0.464 e. The van der Waals surface area contributed by atoms with Crippen LogP contribution in [0.2, 0.25) is 0 Å². The van der Waals surface area contributed by atoms with Crippen LogP contribution in [0.3, 0.4) is 0 Å². The molecule has 2 aromatic heterocycles. The summed E-state index contributed by atoms with van der Waals surface area (Å²) < 4.78 is 11.6. The molecule has 5 nitrogen and oxygen atoms in total. The Labute approximate surface area is 121 Å². The van der Waals surface area contributed by atoms with Gasteiger partial charge in [0.05, 0.1) is 12.3 Å². The van der Waals surface area contributed by atoms with E-state index < -0.39 is 0 Å². The van der Waals surface area contributed by atoms with Crippen LogP contribution in [0.15, 0.2) is 29.8 Å². The number of rotatable bonds is 7. The van der Waals surface area contributed by atoms with Crippen molar-refractivity contribution in [3.8, 4) is 0 Å². The molecule has 2 heterocycles. The number of aromatic nitrogens is 2. The van der Waals surface area contributed by atoms with Gasteiger partial charge in [0, 0.05) is 11.1 Å². The molecule has 0 aliphatic rings. The molecule has 0 aromatic carbocycles. The first-order chi connectivity index (χ1) is 9.78. The molecule has 0 N–H and O–H groups in total. The van der Waals surface area contributed by atoms with Crippen LogP contribution < -0.4 is 0 Å². The van der Waals surface area contributed by atoms with Gasteiger partial charge in [0.2, 0.25) is 0 Å². The maximum absolute atomic E-state index is 11.1. The Hall–Kier alpha value is -1.92. The lowest BCUT2D eigenvalue weighted by molar-refractivity contribution is -0.150. The third-order valence-corrected chi connectivity index (χ3v) is 3.21. The minimum Gasteiger partial charge on any atom is -0.464 e. The van der Waals surface area contributed by atoms with E-state index in [2.05, 4.69) is 5.10 Å². The minimum absolute atomic E-state index is 0.0614. The molecule has 0 atom stereocenters. The normalized spacial score (nSPS) is 11.1. The van der Waals surface area contributed by atoms with Gasteiger partial charge in [-0.2, -0.15) is 5.10 Å². The summed E-state index contributed by atoms with van der Waals surface area (Å²) in [7, 11) is 0. The fourth-order valence-electron chi connectivity index (χ4n) is 1.52. The monoisotopic (exact) mass is 292 g/mol. The number of esters is 1. The third kappa shape index (κ3) is 4.64. The smallest absolute Gasteiger partial charge is 0.332 e. The molecule has 0 aliphatic carbocycles. The lowest BCUT2D eigenvalue weighted by atomic mass is 10.3. The zero-order valence-corrected chi connectivity index (χ0v) is 12.0. The first-order valence-corrected chi connectivity index (χ1v) is 7.14. The molecule has 2 aromatic rings. The summed E-state index contributed by atoms with van der Waals surface area (Å²) in [6, 6.07) is 5.94. The van der Waals surface area contributed by atoms with Crippen molar-refractivity contribution in [3.63, 3.8) is 0 Å². The van der Waals surface area contributed by atoms with E-state index in [-0.39, 0.29) is 19.3 Å². The van der Waals surface area contributed by atoms with Gasteiger partial charge in [0.25, 0.3) is 0 Å². The highest BCUT2D eigenvalue weighted by Gasteiger charge is 2.02. The Balaban J connectivity index is 1.79. The highest BCUT2D eigenvalue weighted by atomic mass is 32.1.